The van der Waals surface area contributed by atoms with E-state index in [1.165, 1.54) is 0 Å². The zero-order valence-electron chi connectivity index (χ0n) is 16.7. The number of hydrogen-bond acceptors (Lipinski definition) is 6. The number of nitrogens with zero attached hydrogens (tertiary/aromatic N) is 1. The third-order valence-corrected chi connectivity index (χ3v) is 4.21. The number of aromatic nitrogens is 1. The topological polar surface area (TPSA) is 101 Å². The first-order valence-corrected chi connectivity index (χ1v) is 9.08. The zero-order chi connectivity index (χ0) is 20.8. The van der Waals surface area contributed by atoms with Gasteiger partial charge < -0.3 is 19.2 Å². The van der Waals surface area contributed by atoms with Crippen molar-refractivity contribution in [2.45, 2.75) is 40.7 Å². The van der Waals surface area contributed by atoms with Gasteiger partial charge in [0, 0.05) is 11.8 Å². The van der Waals surface area contributed by atoms with Crippen LogP contribution < -0.4 is 9.47 Å². The fourth-order valence-corrected chi connectivity index (χ4v) is 2.90. The van der Waals surface area contributed by atoms with Gasteiger partial charge in [-0.15, -0.1) is 0 Å². The maximum absolute atomic E-state index is 12.9. The molecule has 0 spiro atoms. The number of nitrogens with one attached hydrogen (secondary N) is 1. The fraction of sp³-hybridized carbons (Fsp3) is 0.381. The third kappa shape index (κ3) is 4.34. The molecule has 1 atom stereocenters. The van der Waals surface area contributed by atoms with E-state index in [1.807, 2.05) is 13.0 Å². The molecular formula is C21H24N2O5. The van der Waals surface area contributed by atoms with Crippen molar-refractivity contribution in [3.05, 3.63) is 46.3 Å². The minimum absolute atomic E-state index is 0.255. The summed E-state index contributed by atoms with van der Waals surface area (Å²) in [4.78, 5) is 28.0. The van der Waals surface area contributed by atoms with Gasteiger partial charge in [-0.3, -0.25) is 4.79 Å². The molecule has 0 saturated heterocycles. The third-order valence-electron chi connectivity index (χ3n) is 4.21. The maximum Gasteiger partial charge on any atom is 0.340 e. The summed E-state index contributed by atoms with van der Waals surface area (Å²) in [6, 6.07) is 6.81. The molecule has 2 aromatic rings. The molecule has 0 aliphatic carbocycles. The van der Waals surface area contributed by atoms with E-state index in [4.69, 9.17) is 19.5 Å². The standard InChI is InChI=1S/C21H24N2O5/c1-6-26-17-10-15(11-22)8-9-16(17)28-14(5)20(24)19-12(3)18(13(4)23-19)21(25)27-7-2/h8-10,14,23H,6-7H2,1-5H3/t14-/m1/s1. The SMILES string of the molecule is CCOC(=O)c1c(C)[nH]c(C(=O)[C@@H](C)Oc2ccc(C#N)cc2OCC)c1C. The van der Waals surface area contributed by atoms with Crippen LogP contribution in [-0.4, -0.2) is 36.1 Å². The predicted octanol–water partition coefficient (Wildman–Crippen LogP) is 3.73. The summed E-state index contributed by atoms with van der Waals surface area (Å²) in [5.74, 6) is -0.00361. The molecule has 0 amide bonds. The molecule has 1 heterocycles. The van der Waals surface area contributed by atoms with Gasteiger partial charge >= 0.3 is 5.97 Å². The summed E-state index contributed by atoms with van der Waals surface area (Å²) in [6.45, 7) is 9.23. The minimum Gasteiger partial charge on any atom is -0.490 e. The molecule has 28 heavy (non-hydrogen) atoms. The van der Waals surface area contributed by atoms with Gasteiger partial charge in [0.1, 0.15) is 0 Å². The number of esters is 1. The lowest BCUT2D eigenvalue weighted by Crippen LogP contribution is -2.25. The molecule has 0 radical (unpaired) electrons. The largest absolute Gasteiger partial charge is 0.490 e. The predicted molar refractivity (Wildman–Crippen MR) is 103 cm³/mol. The van der Waals surface area contributed by atoms with Gasteiger partial charge in [0.2, 0.25) is 5.78 Å². The van der Waals surface area contributed by atoms with Crippen LogP contribution >= 0.6 is 0 Å². The van der Waals surface area contributed by atoms with Crippen LogP contribution in [0.5, 0.6) is 11.5 Å². The molecule has 0 unspecified atom stereocenters. The van der Waals surface area contributed by atoms with Crippen LogP contribution in [0.15, 0.2) is 18.2 Å². The number of ketones is 1. The minimum atomic E-state index is -0.834. The molecule has 0 fully saturated rings. The Morgan fingerprint density at radius 3 is 2.50 bits per heavy atom. The van der Waals surface area contributed by atoms with Crippen molar-refractivity contribution >= 4 is 11.8 Å². The normalized spacial score (nSPS) is 11.4. The molecule has 1 aromatic heterocycles. The van der Waals surface area contributed by atoms with Crippen LogP contribution in [0.2, 0.25) is 0 Å². The Hall–Kier alpha value is -3.27. The Kier molecular flexibility index (Phi) is 6.83. The van der Waals surface area contributed by atoms with Crippen LogP contribution in [0.3, 0.4) is 0 Å². The van der Waals surface area contributed by atoms with Crippen molar-refractivity contribution in [1.82, 2.24) is 4.98 Å². The Morgan fingerprint density at radius 1 is 1.18 bits per heavy atom. The number of carbonyl (C=O) groups is 2. The van der Waals surface area contributed by atoms with Crippen molar-refractivity contribution in [3.8, 4) is 17.6 Å². The first-order chi connectivity index (χ1) is 13.3. The van der Waals surface area contributed by atoms with Gasteiger partial charge in [-0.2, -0.15) is 5.26 Å². The number of Topliss-reactive ketones (excluding diaryl/α,β-unsaturated/α-hetero) is 1. The van der Waals surface area contributed by atoms with Gasteiger partial charge in [-0.1, -0.05) is 0 Å². The van der Waals surface area contributed by atoms with Gasteiger partial charge in [0.15, 0.2) is 17.6 Å². The monoisotopic (exact) mass is 384 g/mol. The van der Waals surface area contributed by atoms with E-state index in [1.54, 1.807) is 45.9 Å². The molecule has 2 rings (SSSR count). The van der Waals surface area contributed by atoms with Crippen molar-refractivity contribution in [2.75, 3.05) is 13.2 Å². The molecule has 7 nitrogen and oxygen atoms in total. The summed E-state index contributed by atoms with van der Waals surface area (Å²) < 4.78 is 16.4. The summed E-state index contributed by atoms with van der Waals surface area (Å²) in [6.07, 6.45) is -0.834. The van der Waals surface area contributed by atoms with Crippen LogP contribution in [0.25, 0.3) is 0 Å². The Morgan fingerprint density at radius 2 is 1.89 bits per heavy atom. The van der Waals surface area contributed by atoms with Gasteiger partial charge in [0.25, 0.3) is 0 Å². The quantitative estimate of drug-likeness (QED) is 0.550. The van der Waals surface area contributed by atoms with Crippen LogP contribution in [0.4, 0.5) is 0 Å². The van der Waals surface area contributed by atoms with Gasteiger partial charge in [0.05, 0.1) is 36.1 Å². The first-order valence-electron chi connectivity index (χ1n) is 9.08. The number of benzene rings is 1. The van der Waals surface area contributed by atoms with E-state index in [2.05, 4.69) is 4.98 Å². The fourth-order valence-electron chi connectivity index (χ4n) is 2.90. The molecule has 0 aliphatic heterocycles. The number of aromatic amines is 1. The molecular weight excluding hydrogens is 360 g/mol. The van der Waals surface area contributed by atoms with Crippen molar-refractivity contribution in [1.29, 1.82) is 5.26 Å². The highest BCUT2D eigenvalue weighted by atomic mass is 16.5. The van der Waals surface area contributed by atoms with Crippen molar-refractivity contribution in [3.63, 3.8) is 0 Å². The van der Waals surface area contributed by atoms with E-state index in [0.29, 0.717) is 46.2 Å². The van der Waals surface area contributed by atoms with E-state index >= 15 is 0 Å². The summed E-state index contributed by atoms with van der Waals surface area (Å²) in [7, 11) is 0. The van der Waals surface area contributed by atoms with E-state index in [9.17, 15) is 9.59 Å². The molecule has 7 heteroatoms. The van der Waals surface area contributed by atoms with E-state index < -0.39 is 12.1 Å². The van der Waals surface area contributed by atoms with Crippen LogP contribution in [0, 0.1) is 25.2 Å². The van der Waals surface area contributed by atoms with Crippen molar-refractivity contribution in [2.24, 2.45) is 0 Å². The molecule has 148 valence electrons. The van der Waals surface area contributed by atoms with Crippen LogP contribution in [0.1, 0.15) is 58.4 Å². The number of carbonyl (C=O) groups excluding carboxylic acids is 2. The van der Waals surface area contributed by atoms with Gasteiger partial charge in [-0.25, -0.2) is 4.79 Å². The first kappa shape index (κ1) is 21.0. The Balaban J connectivity index is 2.28. The number of hydrogen-bond donors (Lipinski definition) is 1. The molecule has 0 saturated carbocycles. The lowest BCUT2D eigenvalue weighted by molar-refractivity contribution is 0.0525. The molecule has 1 N–H and O–H groups in total. The van der Waals surface area contributed by atoms with E-state index in [-0.39, 0.29) is 12.4 Å². The number of ether oxygens (including phenoxy) is 3. The second-order valence-electron chi connectivity index (χ2n) is 6.18. The lowest BCUT2D eigenvalue weighted by atomic mass is 10.1. The van der Waals surface area contributed by atoms with E-state index in [0.717, 1.165) is 0 Å². The second-order valence-corrected chi connectivity index (χ2v) is 6.18. The smallest absolute Gasteiger partial charge is 0.340 e. The molecule has 0 aliphatic rings. The summed E-state index contributed by atoms with van der Waals surface area (Å²) >= 11 is 0. The average Bonchev–Trinajstić information content (AvgIpc) is 2.97. The Labute approximate surface area is 164 Å². The molecule has 0 bridgehead atoms. The Bertz CT molecular complexity index is 924. The maximum atomic E-state index is 12.9. The van der Waals surface area contributed by atoms with Crippen LogP contribution in [-0.2, 0) is 4.74 Å². The number of nitriles is 1. The molecule has 1 aromatic carbocycles. The summed E-state index contributed by atoms with van der Waals surface area (Å²) in [5, 5.41) is 9.04. The van der Waals surface area contributed by atoms with Gasteiger partial charge in [-0.05, 0) is 52.3 Å². The highest BCUT2D eigenvalue weighted by Crippen LogP contribution is 2.30. The highest BCUT2D eigenvalue weighted by molar-refractivity contribution is 6.03. The second kappa shape index (κ2) is 9.09. The average molecular weight is 384 g/mol. The number of rotatable bonds is 8. The highest BCUT2D eigenvalue weighted by Gasteiger charge is 2.27. The lowest BCUT2D eigenvalue weighted by Gasteiger charge is -2.17. The number of H-pyrrole nitrogens is 1. The summed E-state index contributed by atoms with van der Waals surface area (Å²) in [5.41, 5.74) is 2.20. The number of aryl methyl sites for hydroxylation is 1. The van der Waals surface area contributed by atoms with Crippen molar-refractivity contribution < 1.29 is 23.8 Å². The zero-order valence-corrected chi connectivity index (χ0v) is 16.7.